The zero-order chi connectivity index (χ0) is 11.6. The van der Waals surface area contributed by atoms with Crippen molar-refractivity contribution in [2.45, 2.75) is 45.6 Å². The predicted octanol–water partition coefficient (Wildman–Crippen LogP) is 2.88. The molecule has 0 atom stereocenters. The Hall–Kier alpha value is -0.960. The smallest absolute Gasteiger partial charge is 0.142 e. The van der Waals surface area contributed by atoms with E-state index in [1.807, 2.05) is 6.07 Å². The molecular weight excluding hydrogens is 198 g/mol. The van der Waals surface area contributed by atoms with Crippen LogP contribution in [0.15, 0.2) is 18.5 Å². The summed E-state index contributed by atoms with van der Waals surface area (Å²) >= 11 is 0. The van der Waals surface area contributed by atoms with Crippen LogP contribution < -0.4 is 0 Å². The standard InChI is InChI=1S/C13H23N3/c1-3-4-5-6-7-11-16(2)12-13-14-9-8-10-15-13/h8-10H,3-7,11-12H2,1-2H3. The number of hydrogen-bond acceptors (Lipinski definition) is 3. The van der Waals surface area contributed by atoms with Gasteiger partial charge in [-0.3, -0.25) is 4.90 Å². The Morgan fingerprint density at radius 1 is 1.06 bits per heavy atom. The van der Waals surface area contributed by atoms with Crippen LogP contribution >= 0.6 is 0 Å². The molecule has 0 unspecified atom stereocenters. The van der Waals surface area contributed by atoms with Gasteiger partial charge in [0, 0.05) is 12.4 Å². The maximum Gasteiger partial charge on any atom is 0.142 e. The molecule has 0 aromatic carbocycles. The lowest BCUT2D eigenvalue weighted by molar-refractivity contribution is 0.309. The van der Waals surface area contributed by atoms with E-state index in [0.717, 1.165) is 18.9 Å². The molecule has 16 heavy (non-hydrogen) atoms. The van der Waals surface area contributed by atoms with Crippen LogP contribution in [0.4, 0.5) is 0 Å². The Morgan fingerprint density at radius 2 is 1.75 bits per heavy atom. The van der Waals surface area contributed by atoms with Gasteiger partial charge in [0.15, 0.2) is 0 Å². The number of hydrogen-bond donors (Lipinski definition) is 0. The van der Waals surface area contributed by atoms with Gasteiger partial charge in [0.2, 0.25) is 0 Å². The van der Waals surface area contributed by atoms with Crippen molar-refractivity contribution in [2.75, 3.05) is 13.6 Å². The fourth-order valence-corrected chi connectivity index (χ4v) is 1.72. The zero-order valence-electron chi connectivity index (χ0n) is 10.5. The molecule has 0 N–H and O–H groups in total. The molecule has 0 bridgehead atoms. The number of aromatic nitrogens is 2. The number of rotatable bonds is 8. The number of nitrogens with zero attached hydrogens (tertiary/aromatic N) is 3. The molecule has 0 saturated carbocycles. The molecule has 0 aliphatic carbocycles. The highest BCUT2D eigenvalue weighted by Gasteiger charge is 2.01. The van der Waals surface area contributed by atoms with Crippen LogP contribution in [-0.4, -0.2) is 28.5 Å². The van der Waals surface area contributed by atoms with Crippen LogP contribution in [0.5, 0.6) is 0 Å². The van der Waals surface area contributed by atoms with Crippen molar-refractivity contribution in [3.8, 4) is 0 Å². The van der Waals surface area contributed by atoms with Crippen molar-refractivity contribution in [2.24, 2.45) is 0 Å². The average molecular weight is 221 g/mol. The summed E-state index contributed by atoms with van der Waals surface area (Å²) in [5, 5.41) is 0. The lowest BCUT2D eigenvalue weighted by Crippen LogP contribution is -2.20. The summed E-state index contributed by atoms with van der Waals surface area (Å²) in [6.45, 7) is 4.25. The summed E-state index contributed by atoms with van der Waals surface area (Å²) in [5.41, 5.74) is 0. The molecule has 0 aliphatic heterocycles. The Balaban J connectivity index is 2.09. The first-order chi connectivity index (χ1) is 7.83. The topological polar surface area (TPSA) is 29.0 Å². The molecule has 0 aliphatic rings. The molecular formula is C13H23N3. The summed E-state index contributed by atoms with van der Waals surface area (Å²) in [6.07, 6.45) is 10.3. The molecule has 1 aromatic heterocycles. The normalized spacial score (nSPS) is 10.9. The quantitative estimate of drug-likeness (QED) is 0.632. The maximum atomic E-state index is 4.22. The van der Waals surface area contributed by atoms with E-state index in [2.05, 4.69) is 28.8 Å². The largest absolute Gasteiger partial charge is 0.299 e. The highest BCUT2D eigenvalue weighted by atomic mass is 15.1. The summed E-state index contributed by atoms with van der Waals surface area (Å²) in [4.78, 5) is 10.7. The van der Waals surface area contributed by atoms with Gasteiger partial charge in [0.05, 0.1) is 6.54 Å². The van der Waals surface area contributed by atoms with Gasteiger partial charge in [0.1, 0.15) is 5.82 Å². The minimum atomic E-state index is 0.856. The molecule has 3 heteroatoms. The van der Waals surface area contributed by atoms with E-state index < -0.39 is 0 Å². The van der Waals surface area contributed by atoms with Crippen LogP contribution in [0.3, 0.4) is 0 Å². The second kappa shape index (κ2) is 8.22. The van der Waals surface area contributed by atoms with Crippen LogP contribution in [0.2, 0.25) is 0 Å². The van der Waals surface area contributed by atoms with Crippen molar-refractivity contribution >= 4 is 0 Å². The molecule has 1 rings (SSSR count). The summed E-state index contributed by atoms with van der Waals surface area (Å²) < 4.78 is 0. The fourth-order valence-electron chi connectivity index (χ4n) is 1.72. The third-order valence-corrected chi connectivity index (χ3v) is 2.67. The Kier molecular flexibility index (Phi) is 6.74. The molecule has 1 heterocycles. The lowest BCUT2D eigenvalue weighted by atomic mass is 10.1. The number of unbranched alkanes of at least 4 members (excludes halogenated alkanes) is 4. The molecule has 90 valence electrons. The summed E-state index contributed by atoms with van der Waals surface area (Å²) in [7, 11) is 2.14. The van der Waals surface area contributed by atoms with E-state index in [4.69, 9.17) is 0 Å². The van der Waals surface area contributed by atoms with E-state index in [0.29, 0.717) is 0 Å². The predicted molar refractivity (Wildman–Crippen MR) is 67.1 cm³/mol. The van der Waals surface area contributed by atoms with Gasteiger partial charge in [-0.25, -0.2) is 9.97 Å². The van der Waals surface area contributed by atoms with E-state index >= 15 is 0 Å². The van der Waals surface area contributed by atoms with Crippen LogP contribution in [0.1, 0.15) is 44.9 Å². The highest BCUT2D eigenvalue weighted by Crippen LogP contribution is 2.04. The SMILES string of the molecule is CCCCCCCN(C)Cc1ncccn1. The summed E-state index contributed by atoms with van der Waals surface area (Å²) in [6, 6.07) is 1.86. The van der Waals surface area contributed by atoms with Gasteiger partial charge in [-0.15, -0.1) is 0 Å². The first-order valence-corrected chi connectivity index (χ1v) is 6.27. The maximum absolute atomic E-state index is 4.22. The van der Waals surface area contributed by atoms with Gasteiger partial charge >= 0.3 is 0 Å². The molecule has 0 radical (unpaired) electrons. The average Bonchev–Trinajstić information content (AvgIpc) is 2.30. The first-order valence-electron chi connectivity index (χ1n) is 6.27. The van der Waals surface area contributed by atoms with Gasteiger partial charge in [0.25, 0.3) is 0 Å². The van der Waals surface area contributed by atoms with Crippen molar-refractivity contribution < 1.29 is 0 Å². The Morgan fingerprint density at radius 3 is 2.44 bits per heavy atom. The molecule has 0 amide bonds. The van der Waals surface area contributed by atoms with E-state index in [9.17, 15) is 0 Å². The van der Waals surface area contributed by atoms with E-state index in [1.165, 1.54) is 32.1 Å². The second-order valence-corrected chi connectivity index (χ2v) is 4.32. The van der Waals surface area contributed by atoms with Gasteiger partial charge in [-0.2, -0.15) is 0 Å². The third kappa shape index (κ3) is 5.81. The van der Waals surface area contributed by atoms with Crippen molar-refractivity contribution in [1.82, 2.24) is 14.9 Å². The van der Waals surface area contributed by atoms with Crippen LogP contribution in [-0.2, 0) is 6.54 Å². The van der Waals surface area contributed by atoms with E-state index in [-0.39, 0.29) is 0 Å². The van der Waals surface area contributed by atoms with Gasteiger partial charge in [-0.1, -0.05) is 32.6 Å². The van der Waals surface area contributed by atoms with Crippen LogP contribution in [0.25, 0.3) is 0 Å². The monoisotopic (exact) mass is 221 g/mol. The minimum Gasteiger partial charge on any atom is -0.299 e. The van der Waals surface area contributed by atoms with Crippen molar-refractivity contribution in [3.05, 3.63) is 24.3 Å². The first kappa shape index (κ1) is 13.1. The second-order valence-electron chi connectivity index (χ2n) is 4.32. The molecule has 0 fully saturated rings. The molecule has 0 saturated heterocycles. The van der Waals surface area contributed by atoms with E-state index in [1.54, 1.807) is 12.4 Å². The van der Waals surface area contributed by atoms with Crippen LogP contribution in [0, 0.1) is 0 Å². The van der Waals surface area contributed by atoms with Gasteiger partial charge in [-0.05, 0) is 26.1 Å². The minimum absolute atomic E-state index is 0.856. The van der Waals surface area contributed by atoms with Gasteiger partial charge < -0.3 is 0 Å². The van der Waals surface area contributed by atoms with Crippen molar-refractivity contribution in [1.29, 1.82) is 0 Å². The third-order valence-electron chi connectivity index (χ3n) is 2.67. The molecule has 3 nitrogen and oxygen atoms in total. The lowest BCUT2D eigenvalue weighted by Gasteiger charge is -2.14. The molecule has 0 spiro atoms. The fraction of sp³-hybridized carbons (Fsp3) is 0.692. The summed E-state index contributed by atoms with van der Waals surface area (Å²) in [5.74, 6) is 0.915. The Bertz CT molecular complexity index is 261. The Labute approximate surface area is 98.9 Å². The highest BCUT2D eigenvalue weighted by molar-refractivity contribution is 4.87. The zero-order valence-corrected chi connectivity index (χ0v) is 10.5. The molecule has 1 aromatic rings. The van der Waals surface area contributed by atoms with Crippen molar-refractivity contribution in [3.63, 3.8) is 0 Å².